The summed E-state index contributed by atoms with van der Waals surface area (Å²) in [6.07, 6.45) is 7.62. The van der Waals surface area contributed by atoms with Crippen molar-refractivity contribution in [3.63, 3.8) is 0 Å². The third kappa shape index (κ3) is 3.83. The predicted octanol–water partition coefficient (Wildman–Crippen LogP) is 2.88. The Kier molecular flexibility index (Phi) is 5.23. The number of para-hydroxylation sites is 2. The van der Waals surface area contributed by atoms with Gasteiger partial charge in [-0.2, -0.15) is 0 Å². The summed E-state index contributed by atoms with van der Waals surface area (Å²) >= 11 is 0. The number of likely N-dealkylation sites (tertiary alicyclic amines) is 1. The Morgan fingerprint density at radius 3 is 2.75 bits per heavy atom. The van der Waals surface area contributed by atoms with Crippen molar-refractivity contribution in [2.24, 2.45) is 7.05 Å². The number of hydrogen-bond acceptors (Lipinski definition) is 4. The van der Waals surface area contributed by atoms with Crippen molar-refractivity contribution in [2.45, 2.75) is 38.1 Å². The summed E-state index contributed by atoms with van der Waals surface area (Å²) < 4.78 is 2.19. The highest BCUT2D eigenvalue weighted by Gasteiger charge is 2.27. The molecule has 1 N–H and O–H groups in total. The minimum absolute atomic E-state index is 0.000147. The van der Waals surface area contributed by atoms with E-state index in [1.165, 1.54) is 0 Å². The van der Waals surface area contributed by atoms with E-state index in [1.54, 1.807) is 18.6 Å². The van der Waals surface area contributed by atoms with Gasteiger partial charge in [0.05, 0.1) is 16.7 Å². The normalized spacial score (nSPS) is 16.3. The van der Waals surface area contributed by atoms with Gasteiger partial charge in [-0.05, 0) is 31.9 Å². The van der Waals surface area contributed by atoms with Gasteiger partial charge in [0.1, 0.15) is 5.82 Å². The molecule has 1 aliphatic heterocycles. The molecule has 1 fully saturated rings. The van der Waals surface area contributed by atoms with Crippen molar-refractivity contribution >= 4 is 17.1 Å². The summed E-state index contributed by atoms with van der Waals surface area (Å²) in [5.41, 5.74) is 3.09. The fourth-order valence-corrected chi connectivity index (χ4v) is 3.97. The third-order valence-electron chi connectivity index (χ3n) is 5.47. The maximum absolute atomic E-state index is 12.6. The fraction of sp³-hybridized carbons (Fsp3) is 0.429. The molecule has 1 aromatic carbocycles. The zero-order chi connectivity index (χ0) is 19.5. The third-order valence-corrected chi connectivity index (χ3v) is 5.47. The molecule has 0 saturated carbocycles. The van der Waals surface area contributed by atoms with Gasteiger partial charge in [0, 0.05) is 57.1 Å². The van der Waals surface area contributed by atoms with Gasteiger partial charge in [-0.1, -0.05) is 12.1 Å². The molecule has 4 rings (SSSR count). The van der Waals surface area contributed by atoms with Gasteiger partial charge >= 0.3 is 6.03 Å². The van der Waals surface area contributed by atoms with Crippen LogP contribution in [-0.2, 0) is 13.5 Å². The van der Waals surface area contributed by atoms with Crippen LogP contribution in [0.2, 0.25) is 0 Å². The topological polar surface area (TPSA) is 75.9 Å². The summed E-state index contributed by atoms with van der Waals surface area (Å²) in [4.78, 5) is 27.7. The molecule has 2 amide bonds. The molecule has 7 nitrogen and oxygen atoms in total. The second kappa shape index (κ2) is 7.96. The quantitative estimate of drug-likeness (QED) is 0.757. The first-order valence-corrected chi connectivity index (χ1v) is 9.83. The number of benzene rings is 1. The highest BCUT2D eigenvalue weighted by molar-refractivity contribution is 5.76. The number of piperidine rings is 1. The lowest BCUT2D eigenvalue weighted by molar-refractivity contribution is 0.177. The summed E-state index contributed by atoms with van der Waals surface area (Å²) in [7, 11) is 2.08. The lowest BCUT2D eigenvalue weighted by atomic mass is 9.96. The van der Waals surface area contributed by atoms with Crippen LogP contribution >= 0.6 is 0 Å². The van der Waals surface area contributed by atoms with E-state index < -0.39 is 0 Å². The van der Waals surface area contributed by atoms with Crippen molar-refractivity contribution in [1.82, 2.24) is 29.7 Å². The maximum Gasteiger partial charge on any atom is 0.317 e. The molecule has 7 heteroatoms. The molecule has 0 unspecified atom stereocenters. The standard InChI is InChI=1S/C21H26N6O/c1-15(13-17-14-22-9-10-23-17)24-21(28)27-11-7-16(8-12-27)20-25-18-5-3-4-6-19(18)26(20)2/h3-6,9-10,14-16H,7-8,11-13H2,1-2H3,(H,24,28)/t15-/m0/s1. The molecule has 0 radical (unpaired) electrons. The number of nitrogens with zero attached hydrogens (tertiary/aromatic N) is 5. The Morgan fingerprint density at radius 2 is 2.04 bits per heavy atom. The largest absolute Gasteiger partial charge is 0.335 e. The lowest BCUT2D eigenvalue weighted by Gasteiger charge is -2.32. The van der Waals surface area contributed by atoms with Crippen molar-refractivity contribution < 1.29 is 4.79 Å². The molecule has 0 spiro atoms. The number of rotatable bonds is 4. The zero-order valence-corrected chi connectivity index (χ0v) is 16.4. The predicted molar refractivity (Wildman–Crippen MR) is 108 cm³/mol. The molecule has 0 bridgehead atoms. The summed E-state index contributed by atoms with van der Waals surface area (Å²) in [5, 5.41) is 3.08. The second-order valence-electron chi connectivity index (χ2n) is 7.53. The number of imidazole rings is 1. The smallest absolute Gasteiger partial charge is 0.317 e. The van der Waals surface area contributed by atoms with E-state index in [0.29, 0.717) is 12.3 Å². The van der Waals surface area contributed by atoms with E-state index in [0.717, 1.165) is 48.5 Å². The number of fused-ring (bicyclic) bond motifs is 1. The minimum atomic E-state index is -0.000147. The number of amides is 2. The van der Waals surface area contributed by atoms with Gasteiger partial charge < -0.3 is 14.8 Å². The van der Waals surface area contributed by atoms with E-state index in [1.807, 2.05) is 24.0 Å². The van der Waals surface area contributed by atoms with Gasteiger partial charge in [0.15, 0.2) is 0 Å². The number of aryl methyl sites for hydroxylation is 1. The number of urea groups is 1. The van der Waals surface area contributed by atoms with E-state index in [2.05, 4.69) is 39.0 Å². The Labute approximate surface area is 164 Å². The van der Waals surface area contributed by atoms with Crippen LogP contribution < -0.4 is 5.32 Å². The van der Waals surface area contributed by atoms with Crippen molar-refractivity contribution in [1.29, 1.82) is 0 Å². The van der Waals surface area contributed by atoms with Crippen LogP contribution in [0.15, 0.2) is 42.9 Å². The van der Waals surface area contributed by atoms with Crippen LogP contribution in [-0.4, -0.2) is 49.6 Å². The number of aromatic nitrogens is 4. The Balaban J connectivity index is 1.33. The van der Waals surface area contributed by atoms with E-state index in [9.17, 15) is 4.79 Å². The average Bonchev–Trinajstić information content (AvgIpc) is 3.05. The van der Waals surface area contributed by atoms with E-state index in [-0.39, 0.29) is 12.1 Å². The van der Waals surface area contributed by atoms with Crippen molar-refractivity contribution in [3.8, 4) is 0 Å². The summed E-state index contributed by atoms with van der Waals surface area (Å²) in [5.74, 6) is 1.51. The molecule has 1 atom stereocenters. The molecule has 146 valence electrons. The van der Waals surface area contributed by atoms with E-state index in [4.69, 9.17) is 4.98 Å². The minimum Gasteiger partial charge on any atom is -0.335 e. The van der Waals surface area contributed by atoms with Crippen LogP contribution in [0.1, 0.15) is 37.2 Å². The molecule has 0 aliphatic carbocycles. The molecule has 3 heterocycles. The number of nitrogens with one attached hydrogen (secondary N) is 1. The fourth-order valence-electron chi connectivity index (χ4n) is 3.97. The first kappa shape index (κ1) is 18.4. The van der Waals surface area contributed by atoms with Crippen LogP contribution in [0.4, 0.5) is 4.79 Å². The Bertz CT molecular complexity index is 946. The number of hydrogen-bond donors (Lipinski definition) is 1. The van der Waals surface area contributed by atoms with Gasteiger partial charge in [-0.25, -0.2) is 9.78 Å². The highest BCUT2D eigenvalue weighted by Crippen LogP contribution is 2.29. The molecule has 28 heavy (non-hydrogen) atoms. The molecular formula is C21H26N6O. The van der Waals surface area contributed by atoms with Crippen LogP contribution in [0, 0.1) is 0 Å². The van der Waals surface area contributed by atoms with E-state index >= 15 is 0 Å². The Hall–Kier alpha value is -2.96. The van der Waals surface area contributed by atoms with Gasteiger partial charge in [-0.15, -0.1) is 0 Å². The van der Waals surface area contributed by atoms with Crippen molar-refractivity contribution in [3.05, 3.63) is 54.4 Å². The van der Waals surface area contributed by atoms with Gasteiger partial charge in [0.25, 0.3) is 0 Å². The average molecular weight is 378 g/mol. The molecular weight excluding hydrogens is 352 g/mol. The molecule has 2 aromatic heterocycles. The lowest BCUT2D eigenvalue weighted by Crippen LogP contribution is -2.47. The first-order valence-electron chi connectivity index (χ1n) is 9.83. The summed E-state index contributed by atoms with van der Waals surface area (Å²) in [6, 6.07) is 8.24. The number of carbonyl (C=O) groups is 1. The van der Waals surface area contributed by atoms with Crippen LogP contribution in [0.3, 0.4) is 0 Å². The van der Waals surface area contributed by atoms with Gasteiger partial charge in [-0.3, -0.25) is 9.97 Å². The summed E-state index contributed by atoms with van der Waals surface area (Å²) in [6.45, 7) is 3.49. The Morgan fingerprint density at radius 1 is 1.25 bits per heavy atom. The molecule has 1 aliphatic rings. The first-order chi connectivity index (χ1) is 13.6. The number of carbonyl (C=O) groups excluding carboxylic acids is 1. The van der Waals surface area contributed by atoms with Gasteiger partial charge in [0.2, 0.25) is 0 Å². The highest BCUT2D eigenvalue weighted by atomic mass is 16.2. The van der Waals surface area contributed by atoms with Crippen LogP contribution in [0.5, 0.6) is 0 Å². The maximum atomic E-state index is 12.6. The van der Waals surface area contributed by atoms with Crippen molar-refractivity contribution in [2.75, 3.05) is 13.1 Å². The molecule has 3 aromatic rings. The second-order valence-corrected chi connectivity index (χ2v) is 7.53. The zero-order valence-electron chi connectivity index (χ0n) is 16.4. The molecule has 1 saturated heterocycles. The monoisotopic (exact) mass is 378 g/mol. The SMILES string of the molecule is C[C@@H](Cc1cnccn1)NC(=O)N1CCC(c2nc3ccccc3n2C)CC1. The van der Waals surface area contributed by atoms with Crippen LogP contribution in [0.25, 0.3) is 11.0 Å².